The van der Waals surface area contributed by atoms with E-state index in [0.717, 1.165) is 82.1 Å². The number of aryl methyl sites for hydroxylation is 2. The van der Waals surface area contributed by atoms with E-state index < -0.39 is 18.4 Å². The van der Waals surface area contributed by atoms with Crippen molar-refractivity contribution in [3.05, 3.63) is 46.1 Å². The fourth-order valence-electron chi connectivity index (χ4n) is 7.46. The lowest BCUT2D eigenvalue weighted by atomic mass is 9.85. The summed E-state index contributed by atoms with van der Waals surface area (Å²) in [6.07, 6.45) is 7.21. The van der Waals surface area contributed by atoms with Crippen molar-refractivity contribution >= 4 is 28.5 Å². The number of para-hydroxylation sites is 1. The number of piperidine rings is 2. The Balaban J connectivity index is 0.939. The molecular formula is C32H43F2N7O4. The van der Waals surface area contributed by atoms with E-state index in [0.29, 0.717) is 24.5 Å². The predicted octanol–water partition coefficient (Wildman–Crippen LogP) is 3.88. The van der Waals surface area contributed by atoms with Crippen LogP contribution in [0.2, 0.25) is 0 Å². The Labute approximate surface area is 260 Å². The number of imide groups is 1. The molecule has 4 heterocycles. The molecule has 1 saturated carbocycles. The van der Waals surface area contributed by atoms with Crippen molar-refractivity contribution in [1.82, 2.24) is 29.1 Å². The Morgan fingerprint density at radius 1 is 1.07 bits per heavy atom. The third kappa shape index (κ3) is 6.69. The zero-order valence-electron chi connectivity index (χ0n) is 25.8. The summed E-state index contributed by atoms with van der Waals surface area (Å²) in [6, 6.07) is 5.24. The Bertz CT molecular complexity index is 1580. The van der Waals surface area contributed by atoms with Gasteiger partial charge in [-0.15, -0.1) is 0 Å². The summed E-state index contributed by atoms with van der Waals surface area (Å²) in [7, 11) is 1.73. The molecule has 0 spiro atoms. The molecule has 6 rings (SSSR count). The van der Waals surface area contributed by atoms with Gasteiger partial charge in [-0.1, -0.05) is 12.1 Å². The van der Waals surface area contributed by atoms with Crippen LogP contribution in [0.25, 0.3) is 11.0 Å². The smallest absolute Gasteiger partial charge is 0.329 e. The number of hydrogen-bond acceptors (Lipinski definition) is 7. The number of benzene rings is 1. The molecule has 11 nitrogen and oxygen atoms in total. The maximum absolute atomic E-state index is 13.2. The summed E-state index contributed by atoms with van der Waals surface area (Å²) < 4.78 is 37.2. The van der Waals surface area contributed by atoms with Gasteiger partial charge in [-0.2, -0.15) is 5.10 Å². The molecule has 3 N–H and O–H groups in total. The molecule has 1 aromatic carbocycles. The molecule has 2 aliphatic heterocycles. The van der Waals surface area contributed by atoms with E-state index in [9.17, 15) is 23.2 Å². The Morgan fingerprint density at radius 3 is 2.51 bits per heavy atom. The fraction of sp³-hybridized carbons (Fsp3) is 0.625. The van der Waals surface area contributed by atoms with Crippen molar-refractivity contribution in [2.24, 2.45) is 13.0 Å². The van der Waals surface area contributed by atoms with E-state index in [1.165, 1.54) is 4.57 Å². The van der Waals surface area contributed by atoms with Crippen LogP contribution >= 0.6 is 0 Å². The minimum absolute atomic E-state index is 0.0725. The SMILES string of the molecule is Cn1c(=O)n(C2CCC(=O)NC2=O)c2cccc(CCCOC3CCN(CC4CCC(n5cc(N)c(C(F)F)n5)CC4)CC3)c21. The first-order valence-corrected chi connectivity index (χ1v) is 16.2. The number of rotatable bonds is 10. The zero-order chi connectivity index (χ0) is 31.7. The van der Waals surface area contributed by atoms with Gasteiger partial charge < -0.3 is 15.4 Å². The van der Waals surface area contributed by atoms with Gasteiger partial charge in [-0.05, 0) is 75.3 Å². The van der Waals surface area contributed by atoms with Crippen LogP contribution in [0.3, 0.4) is 0 Å². The van der Waals surface area contributed by atoms with Crippen molar-refractivity contribution in [3.8, 4) is 0 Å². The molecule has 2 saturated heterocycles. The van der Waals surface area contributed by atoms with Gasteiger partial charge >= 0.3 is 5.69 Å². The summed E-state index contributed by atoms with van der Waals surface area (Å²) in [5, 5.41) is 6.41. The number of nitrogens with zero attached hydrogens (tertiary/aromatic N) is 5. The minimum atomic E-state index is -2.65. The van der Waals surface area contributed by atoms with Gasteiger partial charge in [0.15, 0.2) is 5.69 Å². The van der Waals surface area contributed by atoms with Crippen LogP contribution in [0.15, 0.2) is 29.2 Å². The first kappa shape index (κ1) is 31.4. The van der Waals surface area contributed by atoms with Crippen molar-refractivity contribution < 1.29 is 23.1 Å². The Morgan fingerprint density at radius 2 is 1.82 bits per heavy atom. The number of anilines is 1. The molecule has 45 heavy (non-hydrogen) atoms. The largest absolute Gasteiger partial charge is 0.396 e. The molecule has 3 aromatic rings. The molecule has 3 fully saturated rings. The number of likely N-dealkylation sites (tertiary alicyclic amines) is 1. The van der Waals surface area contributed by atoms with Gasteiger partial charge in [0.1, 0.15) is 6.04 Å². The third-order valence-corrected chi connectivity index (χ3v) is 9.89. The highest BCUT2D eigenvalue weighted by molar-refractivity contribution is 6.00. The number of halogens is 2. The van der Waals surface area contributed by atoms with E-state index in [4.69, 9.17) is 10.5 Å². The van der Waals surface area contributed by atoms with Crippen LogP contribution in [0.4, 0.5) is 14.5 Å². The number of aromatic nitrogens is 4. The van der Waals surface area contributed by atoms with Crippen molar-refractivity contribution in [3.63, 3.8) is 0 Å². The summed E-state index contributed by atoms with van der Waals surface area (Å²) in [5.41, 5.74) is 7.80. The molecule has 244 valence electrons. The van der Waals surface area contributed by atoms with Crippen LogP contribution in [-0.2, 0) is 27.8 Å². The maximum Gasteiger partial charge on any atom is 0.329 e. The number of hydrogen-bond donors (Lipinski definition) is 2. The monoisotopic (exact) mass is 627 g/mol. The van der Waals surface area contributed by atoms with Crippen LogP contribution < -0.4 is 16.7 Å². The number of carbonyl (C=O) groups excluding carboxylic acids is 2. The lowest BCUT2D eigenvalue weighted by molar-refractivity contribution is -0.135. The minimum Gasteiger partial charge on any atom is -0.396 e. The number of carbonyl (C=O) groups is 2. The first-order chi connectivity index (χ1) is 21.7. The van der Waals surface area contributed by atoms with Gasteiger partial charge in [-0.3, -0.25) is 28.7 Å². The Hall–Kier alpha value is -3.58. The molecule has 3 aliphatic rings. The number of amides is 2. The number of alkyl halides is 2. The number of fused-ring (bicyclic) bond motifs is 1. The molecule has 0 bridgehead atoms. The lowest BCUT2D eigenvalue weighted by Crippen LogP contribution is -2.44. The van der Waals surface area contributed by atoms with Gasteiger partial charge in [-0.25, -0.2) is 13.6 Å². The molecule has 1 atom stereocenters. The molecule has 2 aromatic heterocycles. The van der Waals surface area contributed by atoms with E-state index in [-0.39, 0.29) is 41.5 Å². The van der Waals surface area contributed by atoms with Crippen LogP contribution in [0, 0.1) is 5.92 Å². The van der Waals surface area contributed by atoms with E-state index in [1.807, 2.05) is 18.2 Å². The summed E-state index contributed by atoms with van der Waals surface area (Å²) >= 11 is 0. The quantitative estimate of drug-likeness (QED) is 0.258. The van der Waals surface area contributed by atoms with Gasteiger partial charge in [0.2, 0.25) is 11.8 Å². The van der Waals surface area contributed by atoms with Crippen molar-refractivity contribution in [2.75, 3.05) is 32.0 Å². The average molecular weight is 628 g/mol. The second-order valence-corrected chi connectivity index (χ2v) is 12.9. The standard InChI is InChI=1S/C32H43F2N7O4/c1-38-29-21(4-2-6-25(29)41(32(38)44)26-11-12-27(42)36-31(26)43)5-3-17-45-23-13-15-39(16-14-23)18-20-7-9-22(10-8-20)40-19-24(35)28(37-40)30(33)34/h2,4,6,19-20,22-23,26,30H,3,5,7-18,35H2,1H3,(H,36,42,43). The second kappa shape index (κ2) is 13.4. The fourth-order valence-corrected chi connectivity index (χ4v) is 7.46. The highest BCUT2D eigenvalue weighted by Gasteiger charge is 2.32. The molecule has 1 unspecified atom stereocenters. The molecule has 1 aliphatic carbocycles. The second-order valence-electron chi connectivity index (χ2n) is 12.9. The van der Waals surface area contributed by atoms with E-state index in [2.05, 4.69) is 15.3 Å². The number of ether oxygens (including phenoxy) is 1. The first-order valence-electron chi connectivity index (χ1n) is 16.2. The van der Waals surface area contributed by atoms with Crippen molar-refractivity contribution in [1.29, 1.82) is 0 Å². The number of nitrogen functional groups attached to an aromatic ring is 1. The van der Waals surface area contributed by atoms with Gasteiger partial charge in [0.05, 0.1) is 28.9 Å². The normalized spacial score (nSPS) is 23.7. The molecule has 0 radical (unpaired) electrons. The Kier molecular flexibility index (Phi) is 9.36. The highest BCUT2D eigenvalue weighted by Crippen LogP contribution is 2.35. The summed E-state index contributed by atoms with van der Waals surface area (Å²) in [6.45, 7) is 3.71. The summed E-state index contributed by atoms with van der Waals surface area (Å²) in [5.74, 6) is -0.130. The zero-order valence-corrected chi connectivity index (χ0v) is 25.8. The van der Waals surface area contributed by atoms with Crippen LogP contribution in [0.1, 0.15) is 87.6 Å². The van der Waals surface area contributed by atoms with Crippen LogP contribution in [0.5, 0.6) is 0 Å². The molecule has 13 heteroatoms. The number of imidazole rings is 1. The number of nitrogens with two attached hydrogens (primary N) is 1. The highest BCUT2D eigenvalue weighted by atomic mass is 19.3. The maximum atomic E-state index is 13.2. The predicted molar refractivity (Wildman–Crippen MR) is 165 cm³/mol. The molecule has 2 amide bonds. The average Bonchev–Trinajstić information content (AvgIpc) is 3.54. The lowest BCUT2D eigenvalue weighted by Gasteiger charge is -2.36. The van der Waals surface area contributed by atoms with Crippen molar-refractivity contribution in [2.45, 2.75) is 88.8 Å². The summed E-state index contributed by atoms with van der Waals surface area (Å²) in [4.78, 5) is 39.8. The van der Waals surface area contributed by atoms with Gasteiger partial charge in [0.25, 0.3) is 6.43 Å². The number of nitrogens with one attached hydrogen (secondary N) is 1. The van der Waals surface area contributed by atoms with Crippen LogP contribution in [-0.4, -0.2) is 68.0 Å². The molecular weight excluding hydrogens is 584 g/mol. The third-order valence-electron chi connectivity index (χ3n) is 9.89. The van der Waals surface area contributed by atoms with E-state index in [1.54, 1.807) is 22.5 Å². The topological polar surface area (TPSA) is 129 Å². The van der Waals surface area contributed by atoms with Gasteiger partial charge in [0, 0.05) is 45.9 Å². The van der Waals surface area contributed by atoms with E-state index >= 15 is 0 Å².